The van der Waals surface area contributed by atoms with E-state index in [-0.39, 0.29) is 11.7 Å². The summed E-state index contributed by atoms with van der Waals surface area (Å²) >= 11 is 0. The fraction of sp³-hybridized carbons (Fsp3) is 0.200. The minimum atomic E-state index is -0.315. The van der Waals surface area contributed by atoms with Crippen LogP contribution in [0.2, 0.25) is 0 Å². The van der Waals surface area contributed by atoms with Crippen molar-refractivity contribution >= 4 is 5.91 Å². The first-order valence-corrected chi connectivity index (χ1v) is 8.22. The third kappa shape index (κ3) is 3.59. The smallest absolute Gasteiger partial charge is 0.255 e. The van der Waals surface area contributed by atoms with Crippen molar-refractivity contribution in [2.24, 2.45) is 0 Å². The van der Waals surface area contributed by atoms with Crippen LogP contribution in [0.25, 0.3) is 5.69 Å². The highest BCUT2D eigenvalue weighted by molar-refractivity contribution is 5.95. The van der Waals surface area contributed by atoms with E-state index in [1.165, 1.54) is 18.3 Å². The summed E-state index contributed by atoms with van der Waals surface area (Å²) < 4.78 is 20.0. The monoisotopic (exact) mass is 353 g/mol. The zero-order chi connectivity index (χ0) is 18.7. The molecule has 0 aliphatic rings. The maximum absolute atomic E-state index is 13.1. The van der Waals surface area contributed by atoms with Gasteiger partial charge < -0.3 is 10.1 Å². The average Bonchev–Trinajstić information content (AvgIpc) is 3.03. The molecule has 26 heavy (non-hydrogen) atoms. The second-order valence-corrected chi connectivity index (χ2v) is 6.02. The van der Waals surface area contributed by atoms with E-state index in [1.807, 2.05) is 25.1 Å². The second kappa shape index (κ2) is 7.39. The largest absolute Gasteiger partial charge is 0.496 e. The van der Waals surface area contributed by atoms with Crippen molar-refractivity contribution in [3.63, 3.8) is 0 Å². The molecule has 2 aromatic carbocycles. The number of hydrogen-bond donors (Lipinski definition) is 1. The predicted molar refractivity (Wildman–Crippen MR) is 97.2 cm³/mol. The molecule has 6 heteroatoms. The van der Waals surface area contributed by atoms with Crippen molar-refractivity contribution in [2.75, 3.05) is 7.11 Å². The molecule has 0 unspecified atom stereocenters. The summed E-state index contributed by atoms with van der Waals surface area (Å²) in [4.78, 5) is 12.5. The van der Waals surface area contributed by atoms with Crippen LogP contribution in [0.1, 0.15) is 27.2 Å². The Morgan fingerprint density at radius 2 is 1.92 bits per heavy atom. The minimum Gasteiger partial charge on any atom is -0.496 e. The number of aromatic nitrogens is 2. The summed E-state index contributed by atoms with van der Waals surface area (Å²) in [5.41, 5.74) is 3.86. The highest BCUT2D eigenvalue weighted by atomic mass is 19.1. The maximum Gasteiger partial charge on any atom is 0.255 e. The highest BCUT2D eigenvalue weighted by Crippen LogP contribution is 2.19. The molecule has 0 aliphatic carbocycles. The van der Waals surface area contributed by atoms with Crippen molar-refractivity contribution in [2.45, 2.75) is 20.4 Å². The predicted octanol–water partition coefficient (Wildman–Crippen LogP) is 3.57. The number of hydrogen-bond acceptors (Lipinski definition) is 3. The summed E-state index contributed by atoms with van der Waals surface area (Å²) in [6.07, 6.45) is 1.52. The van der Waals surface area contributed by atoms with Gasteiger partial charge in [0.1, 0.15) is 11.6 Å². The van der Waals surface area contributed by atoms with E-state index in [2.05, 4.69) is 10.4 Å². The molecule has 3 aromatic rings. The summed E-state index contributed by atoms with van der Waals surface area (Å²) in [7, 11) is 1.62. The number of carbonyl (C=O) groups excluding carboxylic acids is 1. The second-order valence-electron chi connectivity index (χ2n) is 6.02. The molecule has 5 nitrogen and oxygen atoms in total. The Kier molecular flexibility index (Phi) is 5.02. The van der Waals surface area contributed by atoms with Gasteiger partial charge in [-0.25, -0.2) is 9.07 Å². The lowest BCUT2D eigenvalue weighted by molar-refractivity contribution is 0.0950. The van der Waals surface area contributed by atoms with Crippen molar-refractivity contribution in [1.29, 1.82) is 0 Å². The highest BCUT2D eigenvalue weighted by Gasteiger charge is 2.15. The molecular formula is C20H20FN3O2. The lowest BCUT2D eigenvalue weighted by Crippen LogP contribution is -2.23. The lowest BCUT2D eigenvalue weighted by Gasteiger charge is -2.09. The van der Waals surface area contributed by atoms with E-state index < -0.39 is 0 Å². The summed E-state index contributed by atoms with van der Waals surface area (Å²) in [5.74, 6) is 0.262. The third-order valence-corrected chi connectivity index (χ3v) is 4.25. The molecule has 1 amide bonds. The number of methoxy groups -OCH3 is 1. The number of benzene rings is 2. The van der Waals surface area contributed by atoms with Crippen LogP contribution in [-0.2, 0) is 6.54 Å². The molecule has 0 radical (unpaired) electrons. The molecular weight excluding hydrogens is 333 g/mol. The van der Waals surface area contributed by atoms with E-state index in [0.717, 1.165) is 16.9 Å². The summed E-state index contributed by atoms with van der Waals surface area (Å²) in [6, 6.07) is 11.8. The topological polar surface area (TPSA) is 56.1 Å². The van der Waals surface area contributed by atoms with Crippen molar-refractivity contribution < 1.29 is 13.9 Å². The van der Waals surface area contributed by atoms with Gasteiger partial charge in [-0.05, 0) is 55.3 Å². The SMILES string of the molecule is COc1cc(CNC(=O)c2cnn(-c3ccc(F)cc3)c2C)ccc1C. The number of rotatable bonds is 5. The van der Waals surface area contributed by atoms with Gasteiger partial charge in [0.25, 0.3) is 5.91 Å². The van der Waals surface area contributed by atoms with E-state index >= 15 is 0 Å². The zero-order valence-electron chi connectivity index (χ0n) is 14.9. The van der Waals surface area contributed by atoms with Crippen LogP contribution in [0.4, 0.5) is 4.39 Å². The van der Waals surface area contributed by atoms with Gasteiger partial charge in [0.15, 0.2) is 0 Å². The average molecular weight is 353 g/mol. The zero-order valence-corrected chi connectivity index (χ0v) is 14.9. The van der Waals surface area contributed by atoms with E-state index in [0.29, 0.717) is 23.5 Å². The fourth-order valence-corrected chi connectivity index (χ4v) is 2.73. The van der Waals surface area contributed by atoms with Gasteiger partial charge in [0.05, 0.1) is 30.3 Å². The molecule has 0 atom stereocenters. The lowest BCUT2D eigenvalue weighted by atomic mass is 10.1. The van der Waals surface area contributed by atoms with Crippen LogP contribution in [-0.4, -0.2) is 22.8 Å². The van der Waals surface area contributed by atoms with Gasteiger partial charge in [0.2, 0.25) is 0 Å². The number of aryl methyl sites for hydroxylation is 1. The normalized spacial score (nSPS) is 10.6. The molecule has 0 bridgehead atoms. The summed E-state index contributed by atoms with van der Waals surface area (Å²) in [5, 5.41) is 7.14. The van der Waals surface area contributed by atoms with Gasteiger partial charge >= 0.3 is 0 Å². The Hall–Kier alpha value is -3.15. The van der Waals surface area contributed by atoms with E-state index in [4.69, 9.17) is 4.74 Å². The van der Waals surface area contributed by atoms with Crippen LogP contribution in [0.5, 0.6) is 5.75 Å². The van der Waals surface area contributed by atoms with Crippen LogP contribution >= 0.6 is 0 Å². The van der Waals surface area contributed by atoms with Gasteiger partial charge in [0, 0.05) is 6.54 Å². The van der Waals surface area contributed by atoms with Crippen molar-refractivity contribution in [1.82, 2.24) is 15.1 Å². The van der Waals surface area contributed by atoms with Crippen molar-refractivity contribution in [3.05, 3.63) is 76.9 Å². The molecule has 0 spiro atoms. The minimum absolute atomic E-state index is 0.213. The fourth-order valence-electron chi connectivity index (χ4n) is 2.73. The van der Waals surface area contributed by atoms with Crippen LogP contribution in [0.3, 0.4) is 0 Å². The number of amides is 1. The van der Waals surface area contributed by atoms with E-state index in [9.17, 15) is 9.18 Å². The Balaban J connectivity index is 1.73. The molecule has 0 saturated heterocycles. The first kappa shape index (κ1) is 17.7. The first-order valence-electron chi connectivity index (χ1n) is 8.22. The number of nitrogens with one attached hydrogen (secondary N) is 1. The molecule has 0 aliphatic heterocycles. The molecule has 0 saturated carbocycles. The number of nitrogens with zero attached hydrogens (tertiary/aromatic N) is 2. The van der Waals surface area contributed by atoms with Gasteiger partial charge in [-0.2, -0.15) is 5.10 Å². The standard InChI is InChI=1S/C20H20FN3O2/c1-13-4-5-15(10-19(13)26-3)11-22-20(25)18-12-23-24(14(18)2)17-8-6-16(21)7-9-17/h4-10,12H,11H2,1-3H3,(H,22,25). The third-order valence-electron chi connectivity index (χ3n) is 4.25. The van der Waals surface area contributed by atoms with Crippen LogP contribution < -0.4 is 10.1 Å². The van der Waals surface area contributed by atoms with Gasteiger partial charge in [-0.15, -0.1) is 0 Å². The molecule has 134 valence electrons. The Morgan fingerprint density at radius 3 is 2.62 bits per heavy atom. The van der Waals surface area contributed by atoms with Crippen molar-refractivity contribution in [3.8, 4) is 11.4 Å². The Labute approximate surface area is 151 Å². The first-order chi connectivity index (χ1) is 12.5. The van der Waals surface area contributed by atoms with E-state index in [1.54, 1.807) is 30.8 Å². The molecule has 3 rings (SSSR count). The molecule has 1 aromatic heterocycles. The molecule has 1 heterocycles. The summed E-state index contributed by atoms with van der Waals surface area (Å²) in [6.45, 7) is 4.16. The quantitative estimate of drug-likeness (QED) is 0.763. The number of halogens is 1. The Bertz CT molecular complexity index is 933. The van der Waals surface area contributed by atoms with Crippen LogP contribution in [0.15, 0.2) is 48.7 Å². The van der Waals surface area contributed by atoms with Crippen LogP contribution in [0, 0.1) is 19.7 Å². The molecule has 1 N–H and O–H groups in total. The Morgan fingerprint density at radius 1 is 1.19 bits per heavy atom. The molecule has 0 fully saturated rings. The number of ether oxygens (including phenoxy) is 1. The maximum atomic E-state index is 13.1. The van der Waals surface area contributed by atoms with Gasteiger partial charge in [-0.3, -0.25) is 4.79 Å². The van der Waals surface area contributed by atoms with Gasteiger partial charge in [-0.1, -0.05) is 12.1 Å². The number of carbonyl (C=O) groups is 1.